The Morgan fingerprint density at radius 2 is 2.00 bits per heavy atom. The zero-order valence-corrected chi connectivity index (χ0v) is 14.5. The Balaban J connectivity index is 2.04. The molecule has 1 heterocycles. The Hall–Kier alpha value is -0.950. The molecule has 2 rings (SSSR count). The number of sulfonamides is 1. The van der Waals surface area contributed by atoms with Crippen molar-refractivity contribution in [3.63, 3.8) is 0 Å². The highest BCUT2D eigenvalue weighted by Crippen LogP contribution is 2.20. The number of benzene rings is 1. The molecule has 2 aromatic rings. The summed E-state index contributed by atoms with van der Waals surface area (Å²) in [4.78, 5) is 5.63. The van der Waals surface area contributed by atoms with E-state index >= 15 is 0 Å². The van der Waals surface area contributed by atoms with Gasteiger partial charge in [-0.2, -0.15) is 0 Å². The van der Waals surface area contributed by atoms with Crippen LogP contribution < -0.4 is 4.72 Å². The van der Waals surface area contributed by atoms with Crippen LogP contribution in [0.5, 0.6) is 0 Å². The van der Waals surface area contributed by atoms with Gasteiger partial charge >= 0.3 is 0 Å². The third kappa shape index (κ3) is 4.03. The van der Waals surface area contributed by atoms with Crippen LogP contribution in [0.4, 0.5) is 0 Å². The van der Waals surface area contributed by atoms with E-state index in [0.717, 1.165) is 21.1 Å². The van der Waals surface area contributed by atoms with E-state index in [1.165, 1.54) is 6.07 Å². The largest absolute Gasteiger partial charge is 0.247 e. The maximum atomic E-state index is 12.2. The van der Waals surface area contributed by atoms with Gasteiger partial charge in [-0.05, 0) is 44.9 Å². The molecule has 1 aromatic heterocycles. The van der Waals surface area contributed by atoms with Gasteiger partial charge in [-0.1, -0.05) is 17.7 Å². The highest BCUT2D eigenvalue weighted by atomic mass is 35.5. The molecule has 0 radical (unpaired) electrons. The summed E-state index contributed by atoms with van der Waals surface area (Å²) >= 11 is 7.57. The number of halogens is 1. The molecule has 114 valence electrons. The fourth-order valence-corrected chi connectivity index (χ4v) is 4.17. The molecule has 0 amide bonds. The zero-order valence-electron chi connectivity index (χ0n) is 12.1. The van der Waals surface area contributed by atoms with Crippen molar-refractivity contribution >= 4 is 33.0 Å². The highest BCUT2D eigenvalue weighted by Gasteiger charge is 2.15. The molecule has 0 saturated heterocycles. The first kappa shape index (κ1) is 16.4. The third-order valence-corrected chi connectivity index (χ3v) is 6.10. The van der Waals surface area contributed by atoms with E-state index in [4.69, 9.17) is 11.6 Å². The SMILES string of the molecule is Cc1nc(C)c(CCNS(=O)(=O)c2ccc(C)c(Cl)c2)s1. The van der Waals surface area contributed by atoms with Gasteiger partial charge in [-0.3, -0.25) is 0 Å². The van der Waals surface area contributed by atoms with Crippen LogP contribution in [-0.2, 0) is 16.4 Å². The quantitative estimate of drug-likeness (QED) is 0.905. The smallest absolute Gasteiger partial charge is 0.240 e. The van der Waals surface area contributed by atoms with Crippen LogP contribution in [0.25, 0.3) is 0 Å². The van der Waals surface area contributed by atoms with Crippen LogP contribution in [0, 0.1) is 20.8 Å². The topological polar surface area (TPSA) is 59.1 Å². The van der Waals surface area contributed by atoms with E-state index in [1.54, 1.807) is 23.5 Å². The first-order chi connectivity index (χ1) is 9.79. The van der Waals surface area contributed by atoms with Crippen molar-refractivity contribution in [2.24, 2.45) is 0 Å². The number of aryl methyl sites for hydroxylation is 3. The predicted molar refractivity (Wildman–Crippen MR) is 86.7 cm³/mol. The summed E-state index contributed by atoms with van der Waals surface area (Å²) in [6.07, 6.45) is 0.635. The molecule has 0 aliphatic carbocycles. The van der Waals surface area contributed by atoms with Crippen molar-refractivity contribution < 1.29 is 8.42 Å². The van der Waals surface area contributed by atoms with Gasteiger partial charge in [0.15, 0.2) is 0 Å². The normalized spacial score (nSPS) is 11.8. The number of hydrogen-bond acceptors (Lipinski definition) is 4. The third-order valence-electron chi connectivity index (χ3n) is 3.10. The Labute approximate surface area is 134 Å². The molecule has 21 heavy (non-hydrogen) atoms. The van der Waals surface area contributed by atoms with Gasteiger partial charge < -0.3 is 0 Å². The monoisotopic (exact) mass is 344 g/mol. The van der Waals surface area contributed by atoms with E-state index in [-0.39, 0.29) is 4.90 Å². The molecule has 0 unspecified atom stereocenters. The molecule has 0 aliphatic heterocycles. The van der Waals surface area contributed by atoms with Gasteiger partial charge in [0.1, 0.15) is 0 Å². The summed E-state index contributed by atoms with van der Waals surface area (Å²) in [5.74, 6) is 0. The van der Waals surface area contributed by atoms with E-state index in [2.05, 4.69) is 9.71 Å². The molecule has 0 aliphatic rings. The van der Waals surface area contributed by atoms with Crippen molar-refractivity contribution in [2.75, 3.05) is 6.54 Å². The van der Waals surface area contributed by atoms with Crippen molar-refractivity contribution in [3.8, 4) is 0 Å². The Morgan fingerprint density at radius 3 is 2.57 bits per heavy atom. The van der Waals surface area contributed by atoms with E-state index in [9.17, 15) is 8.42 Å². The van der Waals surface area contributed by atoms with Gasteiger partial charge in [0.25, 0.3) is 0 Å². The molecular formula is C14H17ClN2O2S2. The van der Waals surface area contributed by atoms with Gasteiger partial charge in [0.2, 0.25) is 10.0 Å². The molecule has 1 N–H and O–H groups in total. The first-order valence-corrected chi connectivity index (χ1v) is 9.16. The van der Waals surface area contributed by atoms with Gasteiger partial charge in [-0.15, -0.1) is 11.3 Å². The Bertz CT molecular complexity index is 754. The fraction of sp³-hybridized carbons (Fsp3) is 0.357. The number of thiazole rings is 1. The zero-order chi connectivity index (χ0) is 15.6. The lowest BCUT2D eigenvalue weighted by Crippen LogP contribution is -2.26. The number of rotatable bonds is 5. The molecule has 7 heteroatoms. The van der Waals surface area contributed by atoms with Crippen LogP contribution >= 0.6 is 22.9 Å². The lowest BCUT2D eigenvalue weighted by molar-refractivity contribution is 0.581. The highest BCUT2D eigenvalue weighted by molar-refractivity contribution is 7.89. The molecule has 0 bridgehead atoms. The summed E-state index contributed by atoms with van der Waals surface area (Å²) in [5, 5.41) is 1.45. The second-order valence-corrected chi connectivity index (χ2v) is 8.26. The summed E-state index contributed by atoms with van der Waals surface area (Å²) < 4.78 is 27.0. The summed E-state index contributed by atoms with van der Waals surface area (Å²) in [6.45, 7) is 6.06. The Kier molecular flexibility index (Phi) is 5.03. The van der Waals surface area contributed by atoms with Crippen molar-refractivity contribution in [2.45, 2.75) is 32.1 Å². The fourth-order valence-electron chi connectivity index (χ4n) is 1.93. The standard InChI is InChI=1S/C14H17ClN2O2S2/c1-9-4-5-12(8-13(9)15)21(18,19)16-7-6-14-10(2)17-11(3)20-14/h4-5,8,16H,6-7H2,1-3H3. The maximum Gasteiger partial charge on any atom is 0.240 e. The maximum absolute atomic E-state index is 12.2. The van der Waals surface area contributed by atoms with Crippen LogP contribution in [-0.4, -0.2) is 19.9 Å². The molecule has 4 nitrogen and oxygen atoms in total. The van der Waals surface area contributed by atoms with Crippen LogP contribution in [0.3, 0.4) is 0 Å². The van der Waals surface area contributed by atoms with Gasteiger partial charge in [-0.25, -0.2) is 18.1 Å². The molecule has 1 aromatic carbocycles. The van der Waals surface area contributed by atoms with E-state index in [0.29, 0.717) is 18.0 Å². The van der Waals surface area contributed by atoms with Crippen LogP contribution in [0.2, 0.25) is 5.02 Å². The lowest BCUT2D eigenvalue weighted by Gasteiger charge is -2.07. The summed E-state index contributed by atoms with van der Waals surface area (Å²) in [5.41, 5.74) is 1.82. The van der Waals surface area contributed by atoms with Crippen LogP contribution in [0.1, 0.15) is 21.1 Å². The lowest BCUT2D eigenvalue weighted by atomic mass is 10.2. The Morgan fingerprint density at radius 1 is 1.29 bits per heavy atom. The minimum absolute atomic E-state index is 0.190. The number of aromatic nitrogens is 1. The molecular weight excluding hydrogens is 328 g/mol. The summed E-state index contributed by atoms with van der Waals surface area (Å²) in [6, 6.07) is 4.74. The second-order valence-electron chi connectivity index (χ2n) is 4.80. The van der Waals surface area contributed by atoms with Crippen molar-refractivity contribution in [1.29, 1.82) is 0 Å². The van der Waals surface area contributed by atoms with Gasteiger partial charge in [0, 0.05) is 16.4 Å². The predicted octanol–water partition coefficient (Wildman–Crippen LogP) is 3.24. The van der Waals surface area contributed by atoms with Crippen LogP contribution in [0.15, 0.2) is 23.1 Å². The van der Waals surface area contributed by atoms with Gasteiger partial charge in [0.05, 0.1) is 15.6 Å². The van der Waals surface area contributed by atoms with E-state index < -0.39 is 10.0 Å². The average Bonchev–Trinajstić information content (AvgIpc) is 2.71. The molecule has 0 atom stereocenters. The molecule has 0 saturated carbocycles. The number of hydrogen-bond donors (Lipinski definition) is 1. The molecule has 0 spiro atoms. The van der Waals surface area contributed by atoms with E-state index in [1.807, 2.05) is 20.8 Å². The average molecular weight is 345 g/mol. The number of nitrogens with one attached hydrogen (secondary N) is 1. The second kappa shape index (κ2) is 6.44. The first-order valence-electron chi connectivity index (χ1n) is 6.48. The summed E-state index contributed by atoms with van der Waals surface area (Å²) in [7, 11) is -3.53. The minimum Gasteiger partial charge on any atom is -0.247 e. The van der Waals surface area contributed by atoms with Crippen molar-refractivity contribution in [3.05, 3.63) is 44.4 Å². The van der Waals surface area contributed by atoms with Crippen molar-refractivity contribution in [1.82, 2.24) is 9.71 Å². The number of nitrogens with zero attached hydrogens (tertiary/aromatic N) is 1. The minimum atomic E-state index is -3.53. The molecule has 0 fully saturated rings.